The van der Waals surface area contributed by atoms with Gasteiger partial charge in [-0.1, -0.05) is 78.9 Å². The van der Waals surface area contributed by atoms with Gasteiger partial charge in [0.2, 0.25) is 0 Å². The van der Waals surface area contributed by atoms with Crippen molar-refractivity contribution in [2.45, 2.75) is 0 Å². The molecule has 2 rings (SSSR count). The molecule has 0 radical (unpaired) electrons. The lowest BCUT2D eigenvalue weighted by Crippen LogP contribution is -1.78. The average Bonchev–Trinajstić information content (AvgIpc) is 2.79. The maximum Gasteiger partial charge on any atom is 0.0136 e. The Bertz CT molecular complexity index is 393. The molecule has 0 saturated heterocycles. The molecular weight excluding hydrogens is 180 g/mol. The molecule has 0 unspecified atom stereocenters. The van der Waals surface area contributed by atoms with Gasteiger partial charge in [0.25, 0.3) is 0 Å². The highest BCUT2D eigenvalue weighted by Gasteiger charge is 1.95. The van der Waals surface area contributed by atoms with Crippen molar-refractivity contribution in [3.05, 3.63) is 78.4 Å². The number of hydrogen-bond donors (Lipinski definition) is 0. The van der Waals surface area contributed by atoms with Crippen LogP contribution < -0.4 is 0 Å². The first-order valence-corrected chi connectivity index (χ1v) is 5.20. The van der Waals surface area contributed by atoms with Crippen molar-refractivity contribution < 1.29 is 0 Å². The molecule has 0 heteroatoms. The van der Waals surface area contributed by atoms with Gasteiger partial charge in [-0.2, -0.15) is 0 Å². The third-order valence-corrected chi connectivity index (χ3v) is 2.31. The van der Waals surface area contributed by atoms with Crippen LogP contribution in [0.1, 0.15) is 5.56 Å². The zero-order valence-electron chi connectivity index (χ0n) is 8.58. The van der Waals surface area contributed by atoms with Gasteiger partial charge in [-0.15, -0.1) is 0 Å². The Balaban J connectivity index is 1.90. The van der Waals surface area contributed by atoms with Crippen LogP contribution in [0.2, 0.25) is 0 Å². The third-order valence-electron chi connectivity index (χ3n) is 2.31. The molecule has 1 aliphatic rings. The zero-order chi connectivity index (χ0) is 10.3. The molecule has 1 aromatic rings. The summed E-state index contributed by atoms with van der Waals surface area (Å²) in [4.78, 5) is 0. The third kappa shape index (κ3) is 3.10. The Labute approximate surface area is 91.0 Å². The topological polar surface area (TPSA) is 0 Å². The smallest absolute Gasteiger partial charge is 0.0136 e. The maximum atomic E-state index is 2.18. The summed E-state index contributed by atoms with van der Waals surface area (Å²) in [5, 5.41) is 0. The predicted octanol–water partition coefficient (Wildman–Crippen LogP) is 4.00. The summed E-state index contributed by atoms with van der Waals surface area (Å²) in [6, 6.07) is 10.3. The van der Waals surface area contributed by atoms with E-state index in [9.17, 15) is 0 Å². The second-order valence-corrected chi connectivity index (χ2v) is 3.50. The van der Waals surface area contributed by atoms with Crippen molar-refractivity contribution in [1.82, 2.24) is 0 Å². The summed E-state index contributed by atoms with van der Waals surface area (Å²) in [5.41, 5.74) is 1.24. The minimum atomic E-state index is 0.477. The monoisotopic (exact) mass is 194 g/mol. The Morgan fingerprint density at radius 2 is 1.60 bits per heavy atom. The Kier molecular flexibility index (Phi) is 3.34. The summed E-state index contributed by atoms with van der Waals surface area (Å²) in [7, 11) is 0. The first kappa shape index (κ1) is 9.72. The first-order valence-electron chi connectivity index (χ1n) is 5.20. The van der Waals surface area contributed by atoms with Crippen molar-refractivity contribution in [3.63, 3.8) is 0 Å². The van der Waals surface area contributed by atoms with Crippen LogP contribution >= 0.6 is 0 Å². The molecule has 0 N–H and O–H groups in total. The SMILES string of the molecule is C1=CC(/C=C/C=C/c2ccccc2)C=C1. The quantitative estimate of drug-likeness (QED) is 0.638. The number of benzene rings is 1. The molecule has 0 atom stereocenters. The molecule has 0 amide bonds. The Hall–Kier alpha value is -1.82. The van der Waals surface area contributed by atoms with Crippen LogP contribution in [0.5, 0.6) is 0 Å². The van der Waals surface area contributed by atoms with Crippen LogP contribution in [0.15, 0.2) is 72.9 Å². The van der Waals surface area contributed by atoms with Gasteiger partial charge in [0.15, 0.2) is 0 Å². The highest BCUT2D eigenvalue weighted by Crippen LogP contribution is 2.10. The average molecular weight is 194 g/mol. The van der Waals surface area contributed by atoms with E-state index in [2.05, 4.69) is 60.7 Å². The lowest BCUT2D eigenvalue weighted by Gasteiger charge is -1.92. The predicted molar refractivity (Wildman–Crippen MR) is 66.4 cm³/mol. The Morgan fingerprint density at radius 1 is 0.867 bits per heavy atom. The summed E-state index contributed by atoms with van der Waals surface area (Å²) >= 11 is 0. The van der Waals surface area contributed by atoms with Crippen molar-refractivity contribution >= 4 is 6.08 Å². The summed E-state index contributed by atoms with van der Waals surface area (Å²) in [6.07, 6.45) is 17.0. The molecule has 0 heterocycles. The van der Waals surface area contributed by atoms with Gasteiger partial charge in [-0.3, -0.25) is 0 Å². The van der Waals surface area contributed by atoms with Crippen LogP contribution in [0, 0.1) is 5.92 Å². The molecule has 1 aliphatic carbocycles. The van der Waals surface area contributed by atoms with Gasteiger partial charge in [-0.05, 0) is 5.56 Å². The van der Waals surface area contributed by atoms with Crippen molar-refractivity contribution in [3.8, 4) is 0 Å². The molecule has 0 fully saturated rings. The lowest BCUT2D eigenvalue weighted by atomic mass is 10.1. The van der Waals surface area contributed by atoms with Gasteiger partial charge >= 0.3 is 0 Å². The summed E-state index contributed by atoms with van der Waals surface area (Å²) in [5.74, 6) is 0.477. The van der Waals surface area contributed by atoms with E-state index in [-0.39, 0.29) is 0 Å². The number of allylic oxidation sites excluding steroid dienone is 7. The molecule has 0 aliphatic heterocycles. The minimum Gasteiger partial charge on any atom is -0.0738 e. The lowest BCUT2D eigenvalue weighted by molar-refractivity contribution is 1.09. The van der Waals surface area contributed by atoms with Gasteiger partial charge in [0, 0.05) is 5.92 Å². The fourth-order valence-electron chi connectivity index (χ4n) is 1.50. The Morgan fingerprint density at radius 3 is 2.33 bits per heavy atom. The standard InChI is InChI=1S/C15H14/c1-2-8-14(9-3-1)10-4-5-11-15-12-6-7-13-15/h1-13,15H/b10-4+,11-5+. The summed E-state index contributed by atoms with van der Waals surface area (Å²) < 4.78 is 0. The van der Waals surface area contributed by atoms with Gasteiger partial charge < -0.3 is 0 Å². The van der Waals surface area contributed by atoms with Crippen molar-refractivity contribution in [2.24, 2.45) is 5.92 Å². The van der Waals surface area contributed by atoms with E-state index in [1.807, 2.05) is 18.2 Å². The molecule has 0 aromatic heterocycles. The molecule has 0 spiro atoms. The fourth-order valence-corrected chi connectivity index (χ4v) is 1.50. The molecule has 0 bridgehead atoms. The fraction of sp³-hybridized carbons (Fsp3) is 0.0667. The highest BCUT2D eigenvalue weighted by atomic mass is 14.0. The van der Waals surface area contributed by atoms with Crippen LogP contribution in [0.25, 0.3) is 6.08 Å². The molecule has 15 heavy (non-hydrogen) atoms. The minimum absolute atomic E-state index is 0.477. The zero-order valence-corrected chi connectivity index (χ0v) is 8.58. The summed E-state index contributed by atoms with van der Waals surface area (Å²) in [6.45, 7) is 0. The van der Waals surface area contributed by atoms with Crippen LogP contribution in [-0.4, -0.2) is 0 Å². The van der Waals surface area contributed by atoms with Gasteiger partial charge in [-0.25, -0.2) is 0 Å². The van der Waals surface area contributed by atoms with E-state index in [1.165, 1.54) is 5.56 Å². The van der Waals surface area contributed by atoms with Crippen LogP contribution in [0.3, 0.4) is 0 Å². The maximum absolute atomic E-state index is 2.18. The molecule has 0 nitrogen and oxygen atoms in total. The van der Waals surface area contributed by atoms with E-state index < -0.39 is 0 Å². The van der Waals surface area contributed by atoms with E-state index in [0.717, 1.165) is 0 Å². The van der Waals surface area contributed by atoms with Crippen LogP contribution in [-0.2, 0) is 0 Å². The highest BCUT2D eigenvalue weighted by molar-refractivity contribution is 5.50. The second kappa shape index (κ2) is 5.16. The van der Waals surface area contributed by atoms with E-state index in [4.69, 9.17) is 0 Å². The van der Waals surface area contributed by atoms with E-state index in [1.54, 1.807) is 0 Å². The molecule has 1 aromatic carbocycles. The van der Waals surface area contributed by atoms with Crippen LogP contribution in [0.4, 0.5) is 0 Å². The molecular formula is C15H14. The largest absolute Gasteiger partial charge is 0.0738 e. The number of hydrogen-bond acceptors (Lipinski definition) is 0. The second-order valence-electron chi connectivity index (χ2n) is 3.50. The van der Waals surface area contributed by atoms with Gasteiger partial charge in [0.05, 0.1) is 0 Å². The first-order chi connectivity index (χ1) is 7.45. The number of rotatable bonds is 3. The normalized spacial score (nSPS) is 16.0. The van der Waals surface area contributed by atoms with E-state index >= 15 is 0 Å². The van der Waals surface area contributed by atoms with Gasteiger partial charge in [0.1, 0.15) is 0 Å². The van der Waals surface area contributed by atoms with E-state index in [0.29, 0.717) is 5.92 Å². The van der Waals surface area contributed by atoms with Crippen molar-refractivity contribution in [1.29, 1.82) is 0 Å². The van der Waals surface area contributed by atoms with Crippen molar-refractivity contribution in [2.75, 3.05) is 0 Å². The molecule has 74 valence electrons. The molecule has 0 saturated carbocycles.